The third-order valence-corrected chi connectivity index (χ3v) is 7.70. The number of carbonyl (C=O) groups excluding carboxylic acids is 3. The van der Waals surface area contributed by atoms with Gasteiger partial charge in [0.05, 0.1) is 15.2 Å². The van der Waals surface area contributed by atoms with E-state index < -0.39 is 35.7 Å². The van der Waals surface area contributed by atoms with E-state index in [2.05, 4.69) is 5.32 Å². The molecular weight excluding hydrogens is 462 g/mol. The molecule has 2 aliphatic heterocycles. The van der Waals surface area contributed by atoms with Crippen molar-refractivity contribution in [2.75, 3.05) is 19.6 Å². The molecule has 1 aromatic heterocycles. The number of carbonyl (C=O) groups is 3. The number of amides is 4. The van der Waals surface area contributed by atoms with Crippen LogP contribution in [0.2, 0.25) is 0 Å². The summed E-state index contributed by atoms with van der Waals surface area (Å²) >= 11 is 1.62. The molecule has 2 unspecified atom stereocenters. The summed E-state index contributed by atoms with van der Waals surface area (Å²) in [6, 6.07) is 10.2. The number of halogens is 2. The number of nitrogens with zero attached hydrogens (tertiary/aromatic N) is 3. The number of hydrogen-bond donors (Lipinski definition) is 1. The Balaban J connectivity index is 1.30. The SMILES string of the molecule is CC1(c2ccc(F)c(F)c2)NC(=O)N(CC(=O)N2CCCC(c3nc4ccccc4s3)C2)C1=O. The lowest BCUT2D eigenvalue weighted by molar-refractivity contribution is -0.139. The zero-order valence-electron chi connectivity index (χ0n) is 18.4. The van der Waals surface area contributed by atoms with Crippen LogP contribution in [-0.2, 0) is 15.1 Å². The number of urea groups is 1. The quantitative estimate of drug-likeness (QED) is 0.572. The number of likely N-dealkylation sites (tertiary alicyclic amines) is 1. The smallest absolute Gasteiger partial charge is 0.325 e. The average molecular weight is 485 g/mol. The largest absolute Gasteiger partial charge is 0.340 e. The van der Waals surface area contributed by atoms with Crippen LogP contribution in [-0.4, -0.2) is 52.3 Å². The van der Waals surface area contributed by atoms with Gasteiger partial charge >= 0.3 is 6.03 Å². The molecule has 10 heteroatoms. The first kappa shape index (κ1) is 22.4. The zero-order valence-corrected chi connectivity index (χ0v) is 19.2. The van der Waals surface area contributed by atoms with Crippen LogP contribution in [0.1, 0.15) is 36.3 Å². The maximum atomic E-state index is 13.7. The van der Waals surface area contributed by atoms with Crippen molar-refractivity contribution in [3.8, 4) is 0 Å². The molecule has 34 heavy (non-hydrogen) atoms. The van der Waals surface area contributed by atoms with Gasteiger partial charge in [-0.25, -0.2) is 18.6 Å². The minimum absolute atomic E-state index is 0.0886. The lowest BCUT2D eigenvalue weighted by Crippen LogP contribution is -2.47. The number of hydrogen-bond acceptors (Lipinski definition) is 5. The number of para-hydroxylation sites is 1. The Morgan fingerprint density at radius 1 is 1.21 bits per heavy atom. The highest BCUT2D eigenvalue weighted by molar-refractivity contribution is 7.18. The van der Waals surface area contributed by atoms with E-state index in [1.54, 1.807) is 16.2 Å². The molecule has 2 fully saturated rings. The highest BCUT2D eigenvalue weighted by Gasteiger charge is 2.50. The highest BCUT2D eigenvalue weighted by Crippen LogP contribution is 2.34. The molecule has 2 atom stereocenters. The Morgan fingerprint density at radius 2 is 2.00 bits per heavy atom. The standard InChI is InChI=1S/C24H22F2N4O3S/c1-24(15-8-9-16(25)17(26)11-15)22(32)30(23(33)28-24)13-20(31)29-10-4-5-14(12-29)21-27-18-6-2-3-7-19(18)34-21/h2-3,6-9,11,14H,4-5,10,12-13H2,1H3,(H,28,33). The van der Waals surface area contributed by atoms with Gasteiger partial charge in [0.25, 0.3) is 5.91 Å². The van der Waals surface area contributed by atoms with E-state index in [4.69, 9.17) is 4.98 Å². The molecule has 2 aliphatic rings. The summed E-state index contributed by atoms with van der Waals surface area (Å²) in [6.07, 6.45) is 1.69. The first-order chi connectivity index (χ1) is 16.3. The molecule has 2 aromatic carbocycles. The molecule has 0 spiro atoms. The first-order valence-corrected chi connectivity index (χ1v) is 11.8. The molecule has 3 aromatic rings. The summed E-state index contributed by atoms with van der Waals surface area (Å²) in [4.78, 5) is 45.9. The van der Waals surface area contributed by atoms with E-state index in [-0.39, 0.29) is 17.4 Å². The Morgan fingerprint density at radius 3 is 2.76 bits per heavy atom. The molecule has 5 rings (SSSR count). The number of nitrogens with one attached hydrogen (secondary N) is 1. The van der Waals surface area contributed by atoms with Gasteiger partial charge in [-0.15, -0.1) is 11.3 Å². The molecule has 176 valence electrons. The predicted octanol–water partition coefficient (Wildman–Crippen LogP) is 3.75. The van der Waals surface area contributed by atoms with E-state index in [9.17, 15) is 23.2 Å². The third-order valence-electron chi connectivity index (χ3n) is 6.50. The second-order valence-corrected chi connectivity index (χ2v) is 9.84. The second kappa shape index (κ2) is 8.43. The van der Waals surface area contributed by atoms with E-state index >= 15 is 0 Å². The Kier molecular flexibility index (Phi) is 5.55. The van der Waals surface area contributed by atoms with Crippen LogP contribution < -0.4 is 5.32 Å². The van der Waals surface area contributed by atoms with E-state index in [1.165, 1.54) is 13.0 Å². The van der Waals surface area contributed by atoms with Crippen LogP contribution in [0.15, 0.2) is 42.5 Å². The summed E-state index contributed by atoms with van der Waals surface area (Å²) < 4.78 is 28.2. The number of rotatable bonds is 4. The van der Waals surface area contributed by atoms with Crippen LogP contribution in [0, 0.1) is 11.6 Å². The summed E-state index contributed by atoms with van der Waals surface area (Å²) in [6.45, 7) is 1.98. The van der Waals surface area contributed by atoms with Crippen LogP contribution in [0.5, 0.6) is 0 Å². The molecule has 7 nitrogen and oxygen atoms in total. The average Bonchev–Trinajstić information content (AvgIpc) is 3.36. The van der Waals surface area contributed by atoms with E-state index in [0.717, 1.165) is 45.1 Å². The van der Waals surface area contributed by atoms with Crippen LogP contribution in [0.25, 0.3) is 10.2 Å². The van der Waals surface area contributed by atoms with Gasteiger partial charge < -0.3 is 10.2 Å². The fourth-order valence-corrected chi connectivity index (χ4v) is 5.64. The lowest BCUT2D eigenvalue weighted by atomic mass is 9.92. The van der Waals surface area contributed by atoms with Crippen molar-refractivity contribution in [2.45, 2.75) is 31.2 Å². The molecule has 0 bridgehead atoms. The first-order valence-electron chi connectivity index (χ1n) is 11.0. The van der Waals surface area contributed by atoms with Crippen molar-refractivity contribution >= 4 is 39.4 Å². The molecule has 3 heterocycles. The number of fused-ring (bicyclic) bond motifs is 1. The molecule has 2 saturated heterocycles. The van der Waals surface area contributed by atoms with E-state index in [1.807, 2.05) is 24.3 Å². The molecule has 1 N–H and O–H groups in total. The Hall–Kier alpha value is -3.40. The lowest BCUT2D eigenvalue weighted by Gasteiger charge is -2.32. The second-order valence-electron chi connectivity index (χ2n) is 8.77. The highest BCUT2D eigenvalue weighted by atomic mass is 32.1. The molecule has 4 amide bonds. The van der Waals surface area contributed by atoms with Gasteiger partial charge in [0.1, 0.15) is 12.1 Å². The Labute approximate surface area is 198 Å². The van der Waals surface area contributed by atoms with Gasteiger partial charge in [0.15, 0.2) is 11.6 Å². The molecular formula is C24H22F2N4O3S. The maximum absolute atomic E-state index is 13.7. The summed E-state index contributed by atoms with van der Waals surface area (Å²) in [5.74, 6) is -3.11. The van der Waals surface area contributed by atoms with Gasteiger partial charge in [0.2, 0.25) is 5.91 Å². The van der Waals surface area contributed by atoms with Gasteiger partial charge in [-0.05, 0) is 49.6 Å². The van der Waals surface area contributed by atoms with Gasteiger partial charge in [0, 0.05) is 19.0 Å². The third kappa shape index (κ3) is 3.81. The van der Waals surface area contributed by atoms with Crippen molar-refractivity contribution in [2.24, 2.45) is 0 Å². The monoisotopic (exact) mass is 484 g/mol. The summed E-state index contributed by atoms with van der Waals surface area (Å²) in [5.41, 5.74) is -0.549. The van der Waals surface area contributed by atoms with Gasteiger partial charge in [-0.2, -0.15) is 0 Å². The number of imide groups is 1. The fraction of sp³-hybridized carbons (Fsp3) is 0.333. The summed E-state index contributed by atoms with van der Waals surface area (Å²) in [7, 11) is 0. The minimum atomic E-state index is -1.59. The van der Waals surface area contributed by atoms with Crippen molar-refractivity contribution in [1.82, 2.24) is 20.1 Å². The topological polar surface area (TPSA) is 82.6 Å². The Bertz CT molecular complexity index is 1280. The maximum Gasteiger partial charge on any atom is 0.325 e. The predicted molar refractivity (Wildman–Crippen MR) is 122 cm³/mol. The zero-order chi connectivity index (χ0) is 24.0. The van der Waals surface area contributed by atoms with Crippen molar-refractivity contribution in [3.63, 3.8) is 0 Å². The molecule has 0 aliphatic carbocycles. The van der Waals surface area contributed by atoms with Crippen molar-refractivity contribution < 1.29 is 23.2 Å². The number of aromatic nitrogens is 1. The number of thiazole rings is 1. The molecule has 0 saturated carbocycles. The summed E-state index contributed by atoms with van der Waals surface area (Å²) in [5, 5.41) is 3.49. The fourth-order valence-electron chi connectivity index (χ4n) is 4.55. The minimum Gasteiger partial charge on any atom is -0.340 e. The normalized spacial score (nSPS) is 23.0. The van der Waals surface area contributed by atoms with Crippen LogP contribution in [0.4, 0.5) is 13.6 Å². The van der Waals surface area contributed by atoms with Crippen molar-refractivity contribution in [3.05, 3.63) is 64.7 Å². The number of benzene rings is 2. The number of piperidine rings is 1. The van der Waals surface area contributed by atoms with Crippen LogP contribution in [0.3, 0.4) is 0 Å². The molecule has 0 radical (unpaired) electrons. The van der Waals surface area contributed by atoms with Crippen molar-refractivity contribution in [1.29, 1.82) is 0 Å². The van der Waals surface area contributed by atoms with Gasteiger partial charge in [-0.1, -0.05) is 18.2 Å². The van der Waals surface area contributed by atoms with Gasteiger partial charge in [-0.3, -0.25) is 14.5 Å². The van der Waals surface area contributed by atoms with Crippen LogP contribution >= 0.6 is 11.3 Å². The van der Waals surface area contributed by atoms with E-state index in [0.29, 0.717) is 13.1 Å².